The number of nitrogens with one attached hydrogen (secondary N) is 1. The maximum Gasteiger partial charge on any atom is 0.267 e. The van der Waals surface area contributed by atoms with E-state index in [9.17, 15) is 14.7 Å². The standard InChI is InChI=1S/C28H30N2O4S/c1-6-13-34-15-18-11-12-19(17(3)31)26-24(18)16(2)25(35-26)27(32)30-23-14-21(28(4,5)33)20-9-7-8-10-22(20)29-23/h7-12,14,33H,6,13,15H2,1-5H3,(H,29,30,32). The minimum Gasteiger partial charge on any atom is -0.386 e. The fourth-order valence-corrected chi connectivity index (χ4v) is 5.60. The molecule has 2 aromatic carbocycles. The van der Waals surface area contributed by atoms with Crippen molar-refractivity contribution >= 4 is 49.8 Å². The normalized spacial score (nSPS) is 11.8. The van der Waals surface area contributed by atoms with Crippen LogP contribution in [0, 0.1) is 6.92 Å². The van der Waals surface area contributed by atoms with E-state index in [1.165, 1.54) is 18.3 Å². The summed E-state index contributed by atoms with van der Waals surface area (Å²) < 4.78 is 6.56. The van der Waals surface area contributed by atoms with E-state index in [0.29, 0.717) is 40.6 Å². The quantitative estimate of drug-likeness (QED) is 0.221. The highest BCUT2D eigenvalue weighted by Crippen LogP contribution is 2.37. The van der Waals surface area contributed by atoms with E-state index in [1.54, 1.807) is 19.9 Å². The van der Waals surface area contributed by atoms with E-state index in [4.69, 9.17) is 4.74 Å². The molecular weight excluding hydrogens is 460 g/mol. The van der Waals surface area contributed by atoms with Crippen LogP contribution in [0.2, 0.25) is 0 Å². The summed E-state index contributed by atoms with van der Waals surface area (Å²) in [6.45, 7) is 9.97. The van der Waals surface area contributed by atoms with Crippen molar-refractivity contribution in [3.8, 4) is 0 Å². The lowest BCUT2D eigenvalue weighted by Gasteiger charge is -2.21. The van der Waals surface area contributed by atoms with Crippen LogP contribution in [-0.4, -0.2) is 28.4 Å². The van der Waals surface area contributed by atoms with Crippen LogP contribution in [0.25, 0.3) is 21.0 Å². The van der Waals surface area contributed by atoms with Gasteiger partial charge < -0.3 is 15.2 Å². The van der Waals surface area contributed by atoms with Crippen LogP contribution in [0.3, 0.4) is 0 Å². The molecule has 6 nitrogen and oxygen atoms in total. The Morgan fingerprint density at radius 3 is 2.60 bits per heavy atom. The minimum absolute atomic E-state index is 0.0461. The van der Waals surface area contributed by atoms with E-state index in [1.807, 2.05) is 43.3 Å². The van der Waals surface area contributed by atoms with Gasteiger partial charge in [0.15, 0.2) is 5.78 Å². The largest absolute Gasteiger partial charge is 0.386 e. The molecule has 35 heavy (non-hydrogen) atoms. The summed E-state index contributed by atoms with van der Waals surface area (Å²) in [6, 6.07) is 13.0. The van der Waals surface area contributed by atoms with E-state index < -0.39 is 5.60 Å². The van der Waals surface area contributed by atoms with Crippen LogP contribution in [0.1, 0.15) is 70.8 Å². The zero-order valence-corrected chi connectivity index (χ0v) is 21.5. The lowest BCUT2D eigenvalue weighted by molar-refractivity contribution is 0.0801. The number of aromatic nitrogens is 1. The number of Topliss-reactive ketones (excluding diaryl/α,β-unsaturated/α-hetero) is 1. The van der Waals surface area contributed by atoms with Gasteiger partial charge in [-0.2, -0.15) is 0 Å². The maximum atomic E-state index is 13.4. The van der Waals surface area contributed by atoms with Crippen molar-refractivity contribution in [2.24, 2.45) is 0 Å². The number of para-hydroxylation sites is 1. The predicted octanol–water partition coefficient (Wildman–Crippen LogP) is 6.37. The van der Waals surface area contributed by atoms with Gasteiger partial charge in [-0.3, -0.25) is 9.59 Å². The van der Waals surface area contributed by atoms with Gasteiger partial charge in [-0.1, -0.05) is 31.2 Å². The molecule has 0 aliphatic rings. The number of ether oxygens (including phenoxy) is 1. The number of nitrogens with zero attached hydrogens (tertiary/aromatic N) is 1. The van der Waals surface area contributed by atoms with Crippen molar-refractivity contribution in [2.45, 2.75) is 53.2 Å². The molecule has 0 unspecified atom stereocenters. The van der Waals surface area contributed by atoms with E-state index >= 15 is 0 Å². The zero-order valence-electron chi connectivity index (χ0n) is 20.7. The second-order valence-corrected chi connectivity index (χ2v) is 10.2. The van der Waals surface area contributed by atoms with Crippen LogP contribution in [0.4, 0.5) is 5.82 Å². The molecule has 2 aromatic heterocycles. The van der Waals surface area contributed by atoms with Gasteiger partial charge in [0, 0.05) is 27.6 Å². The van der Waals surface area contributed by atoms with E-state index in [-0.39, 0.29) is 11.7 Å². The van der Waals surface area contributed by atoms with Gasteiger partial charge in [0.05, 0.1) is 22.6 Å². The molecule has 0 aliphatic carbocycles. The Morgan fingerprint density at radius 2 is 1.91 bits per heavy atom. The SMILES string of the molecule is CCCOCc1ccc(C(C)=O)c2sc(C(=O)Nc3cc(C(C)(C)O)c4ccccc4n3)c(C)c12. The Morgan fingerprint density at radius 1 is 1.17 bits per heavy atom. The zero-order chi connectivity index (χ0) is 25.3. The third-order valence-corrected chi connectivity index (χ3v) is 7.30. The molecule has 182 valence electrons. The summed E-state index contributed by atoms with van der Waals surface area (Å²) in [7, 11) is 0. The second kappa shape index (κ2) is 9.85. The first-order chi connectivity index (χ1) is 16.6. The molecule has 0 spiro atoms. The second-order valence-electron chi connectivity index (χ2n) is 9.23. The summed E-state index contributed by atoms with van der Waals surface area (Å²) >= 11 is 1.31. The molecule has 2 heterocycles. The summed E-state index contributed by atoms with van der Waals surface area (Å²) in [6.07, 6.45) is 0.913. The number of pyridine rings is 1. The molecule has 4 rings (SSSR count). The predicted molar refractivity (Wildman–Crippen MR) is 141 cm³/mol. The number of hydrogen-bond acceptors (Lipinski definition) is 6. The molecule has 0 bridgehead atoms. The Labute approximate surface area is 209 Å². The fraction of sp³-hybridized carbons (Fsp3) is 0.321. The number of thiophene rings is 1. The van der Waals surface area contributed by atoms with Crippen molar-refractivity contribution in [3.05, 3.63) is 69.6 Å². The van der Waals surface area contributed by atoms with E-state index in [0.717, 1.165) is 33.0 Å². The monoisotopic (exact) mass is 490 g/mol. The van der Waals surface area contributed by atoms with Crippen LogP contribution >= 0.6 is 11.3 Å². The van der Waals surface area contributed by atoms with Crippen molar-refractivity contribution in [2.75, 3.05) is 11.9 Å². The minimum atomic E-state index is -1.11. The average Bonchev–Trinajstić information content (AvgIpc) is 3.15. The summed E-state index contributed by atoms with van der Waals surface area (Å²) in [5, 5.41) is 15.4. The number of fused-ring (bicyclic) bond motifs is 2. The Balaban J connectivity index is 1.77. The Bertz CT molecular complexity index is 1430. The summed E-state index contributed by atoms with van der Waals surface area (Å²) in [5.41, 5.74) is 2.62. The number of aryl methyl sites for hydroxylation is 1. The molecule has 0 radical (unpaired) electrons. The lowest BCUT2D eigenvalue weighted by Crippen LogP contribution is -2.18. The number of carbonyl (C=O) groups excluding carboxylic acids is 2. The molecule has 0 aliphatic heterocycles. The first-order valence-electron chi connectivity index (χ1n) is 11.7. The molecule has 1 amide bonds. The van der Waals surface area contributed by atoms with Crippen molar-refractivity contribution < 1.29 is 19.4 Å². The van der Waals surface area contributed by atoms with Crippen LogP contribution in [0.5, 0.6) is 0 Å². The molecule has 0 atom stereocenters. The number of benzene rings is 2. The lowest BCUT2D eigenvalue weighted by atomic mass is 9.94. The maximum absolute atomic E-state index is 13.4. The molecule has 0 saturated heterocycles. The fourth-order valence-electron chi connectivity index (χ4n) is 4.29. The van der Waals surface area contributed by atoms with Crippen LogP contribution in [-0.2, 0) is 16.9 Å². The summed E-state index contributed by atoms with van der Waals surface area (Å²) in [4.78, 5) is 30.9. The van der Waals surface area contributed by atoms with Gasteiger partial charge in [-0.05, 0) is 69.0 Å². The Kier molecular flexibility index (Phi) is 7.03. The third-order valence-electron chi connectivity index (χ3n) is 5.97. The van der Waals surface area contributed by atoms with Gasteiger partial charge in [-0.25, -0.2) is 4.98 Å². The first kappa shape index (κ1) is 25.0. The number of anilines is 1. The number of hydrogen-bond donors (Lipinski definition) is 2. The first-order valence-corrected chi connectivity index (χ1v) is 12.5. The van der Waals surface area contributed by atoms with Gasteiger partial charge in [0.1, 0.15) is 5.82 Å². The van der Waals surface area contributed by atoms with Gasteiger partial charge in [0.25, 0.3) is 5.91 Å². The summed E-state index contributed by atoms with van der Waals surface area (Å²) in [5.74, 6) is 0.0133. The molecule has 2 N–H and O–H groups in total. The van der Waals surface area contributed by atoms with Gasteiger partial charge in [0.2, 0.25) is 0 Å². The number of aliphatic hydroxyl groups is 1. The molecule has 4 aromatic rings. The van der Waals surface area contributed by atoms with E-state index in [2.05, 4.69) is 17.2 Å². The topological polar surface area (TPSA) is 88.5 Å². The van der Waals surface area contributed by atoms with Gasteiger partial charge in [-0.15, -0.1) is 11.3 Å². The molecule has 7 heteroatoms. The third kappa shape index (κ3) is 4.98. The van der Waals surface area contributed by atoms with Crippen LogP contribution < -0.4 is 5.32 Å². The highest BCUT2D eigenvalue weighted by molar-refractivity contribution is 7.21. The average molecular weight is 491 g/mol. The number of rotatable bonds is 8. The Hall–Kier alpha value is -3.13. The molecule has 0 fully saturated rings. The van der Waals surface area contributed by atoms with Crippen LogP contribution in [0.15, 0.2) is 42.5 Å². The smallest absolute Gasteiger partial charge is 0.267 e. The highest BCUT2D eigenvalue weighted by atomic mass is 32.1. The van der Waals surface area contributed by atoms with Crippen molar-refractivity contribution in [1.29, 1.82) is 0 Å². The molecular formula is C28H30N2O4S. The number of amides is 1. The number of ketones is 1. The van der Waals surface area contributed by atoms with Gasteiger partial charge >= 0.3 is 0 Å². The molecule has 0 saturated carbocycles. The van der Waals surface area contributed by atoms with Crippen molar-refractivity contribution in [3.63, 3.8) is 0 Å². The highest BCUT2D eigenvalue weighted by Gasteiger charge is 2.24. The number of carbonyl (C=O) groups is 2. The van der Waals surface area contributed by atoms with Crippen molar-refractivity contribution in [1.82, 2.24) is 4.98 Å².